The number of carbonyl (C=O) groups is 1. The molecule has 1 saturated heterocycles. The highest BCUT2D eigenvalue weighted by Crippen LogP contribution is 2.36. The summed E-state index contributed by atoms with van der Waals surface area (Å²) >= 11 is 7.73. The number of piperidine rings is 1. The molecule has 1 aliphatic carbocycles. The Bertz CT molecular complexity index is 824. The van der Waals surface area contributed by atoms with Crippen molar-refractivity contribution in [2.24, 2.45) is 18.9 Å². The number of fused-ring (bicyclic) bond motifs is 1. The van der Waals surface area contributed by atoms with E-state index >= 15 is 0 Å². The average Bonchev–Trinajstić information content (AvgIpc) is 3.06. The summed E-state index contributed by atoms with van der Waals surface area (Å²) in [5, 5.41) is 9.93. The summed E-state index contributed by atoms with van der Waals surface area (Å²) in [6, 6.07) is 7.60. The van der Waals surface area contributed by atoms with Crippen molar-refractivity contribution in [2.75, 3.05) is 18.8 Å². The van der Waals surface area contributed by atoms with Gasteiger partial charge in [0.2, 0.25) is 5.91 Å². The second-order valence-electron chi connectivity index (χ2n) is 7.57. The molecule has 2 fully saturated rings. The molecular formula is C20H25ClN4OS. The Morgan fingerprint density at radius 3 is 2.78 bits per heavy atom. The minimum Gasteiger partial charge on any atom is -0.342 e. The van der Waals surface area contributed by atoms with Crippen molar-refractivity contribution < 1.29 is 4.79 Å². The maximum absolute atomic E-state index is 12.7. The fourth-order valence-electron chi connectivity index (χ4n) is 4.36. The summed E-state index contributed by atoms with van der Waals surface area (Å²) < 4.78 is 1.91. The molecule has 5 nitrogen and oxygen atoms in total. The van der Waals surface area contributed by atoms with Crippen LogP contribution in [0, 0.1) is 11.8 Å². The van der Waals surface area contributed by atoms with Crippen LogP contribution in [-0.4, -0.2) is 44.4 Å². The van der Waals surface area contributed by atoms with Gasteiger partial charge in [0.15, 0.2) is 11.0 Å². The van der Waals surface area contributed by atoms with Gasteiger partial charge < -0.3 is 9.47 Å². The first-order chi connectivity index (χ1) is 13.1. The molecule has 1 saturated carbocycles. The van der Waals surface area contributed by atoms with Crippen molar-refractivity contribution >= 4 is 29.3 Å². The molecule has 27 heavy (non-hydrogen) atoms. The van der Waals surface area contributed by atoms with E-state index in [1.54, 1.807) is 0 Å². The summed E-state index contributed by atoms with van der Waals surface area (Å²) in [5.74, 6) is 2.90. The SMILES string of the molecule is Cn1c(SCC(=O)N2CC[C@@H]3CCCC[C@@H]3C2)nnc1-c1ccccc1Cl. The Kier molecular flexibility index (Phi) is 5.74. The summed E-state index contributed by atoms with van der Waals surface area (Å²) in [7, 11) is 1.92. The second kappa shape index (κ2) is 8.23. The van der Waals surface area contributed by atoms with Gasteiger partial charge in [-0.1, -0.05) is 54.8 Å². The summed E-state index contributed by atoms with van der Waals surface area (Å²) in [6.45, 7) is 1.85. The number of hydrogen-bond donors (Lipinski definition) is 0. The van der Waals surface area contributed by atoms with Gasteiger partial charge in [0.25, 0.3) is 0 Å². The third-order valence-electron chi connectivity index (χ3n) is 5.92. The number of halogens is 1. The molecule has 4 rings (SSSR count). The minimum absolute atomic E-state index is 0.214. The second-order valence-corrected chi connectivity index (χ2v) is 8.92. The summed E-state index contributed by atoms with van der Waals surface area (Å²) in [5.41, 5.74) is 0.853. The zero-order valence-electron chi connectivity index (χ0n) is 15.6. The molecule has 0 bridgehead atoms. The molecule has 1 amide bonds. The lowest BCUT2D eigenvalue weighted by atomic mass is 9.75. The van der Waals surface area contributed by atoms with E-state index in [1.165, 1.54) is 43.9 Å². The van der Waals surface area contributed by atoms with Crippen LogP contribution in [0.25, 0.3) is 11.4 Å². The Hall–Kier alpha value is -1.53. The van der Waals surface area contributed by atoms with E-state index in [4.69, 9.17) is 11.6 Å². The minimum atomic E-state index is 0.214. The zero-order valence-corrected chi connectivity index (χ0v) is 17.2. The number of rotatable bonds is 4. The van der Waals surface area contributed by atoms with Gasteiger partial charge in [-0.3, -0.25) is 4.79 Å². The van der Waals surface area contributed by atoms with Crippen molar-refractivity contribution in [3.8, 4) is 11.4 Å². The predicted molar refractivity (Wildman–Crippen MR) is 109 cm³/mol. The lowest BCUT2D eigenvalue weighted by Gasteiger charge is -2.41. The molecule has 2 aliphatic rings. The van der Waals surface area contributed by atoms with E-state index in [2.05, 4.69) is 15.1 Å². The van der Waals surface area contributed by atoms with Gasteiger partial charge in [-0.25, -0.2) is 0 Å². The Labute approximate surface area is 169 Å². The smallest absolute Gasteiger partial charge is 0.233 e. The van der Waals surface area contributed by atoms with E-state index in [0.29, 0.717) is 16.7 Å². The molecule has 1 aromatic carbocycles. The van der Waals surface area contributed by atoms with Crippen molar-refractivity contribution in [2.45, 2.75) is 37.3 Å². The normalized spacial score (nSPS) is 22.5. The van der Waals surface area contributed by atoms with Crippen molar-refractivity contribution in [3.05, 3.63) is 29.3 Å². The maximum Gasteiger partial charge on any atom is 0.233 e. The average molecular weight is 405 g/mol. The highest BCUT2D eigenvalue weighted by atomic mass is 35.5. The summed E-state index contributed by atoms with van der Waals surface area (Å²) in [6.07, 6.45) is 6.49. The third-order valence-corrected chi connectivity index (χ3v) is 7.25. The zero-order chi connectivity index (χ0) is 18.8. The Morgan fingerprint density at radius 2 is 1.96 bits per heavy atom. The number of benzene rings is 1. The molecule has 1 aliphatic heterocycles. The molecule has 0 N–H and O–H groups in total. The van der Waals surface area contributed by atoms with Gasteiger partial charge in [-0.2, -0.15) is 0 Å². The maximum atomic E-state index is 12.7. The molecule has 0 unspecified atom stereocenters. The Morgan fingerprint density at radius 1 is 1.19 bits per heavy atom. The van der Waals surface area contributed by atoms with Gasteiger partial charge in [-0.15, -0.1) is 10.2 Å². The third kappa shape index (κ3) is 4.02. The highest BCUT2D eigenvalue weighted by Gasteiger charge is 2.32. The van der Waals surface area contributed by atoms with Crippen LogP contribution in [0.3, 0.4) is 0 Å². The van der Waals surface area contributed by atoms with E-state index in [9.17, 15) is 4.79 Å². The van der Waals surface area contributed by atoms with E-state index < -0.39 is 0 Å². The van der Waals surface area contributed by atoms with Gasteiger partial charge in [0, 0.05) is 25.7 Å². The van der Waals surface area contributed by atoms with Gasteiger partial charge in [0.1, 0.15) is 0 Å². The largest absolute Gasteiger partial charge is 0.342 e. The molecular weight excluding hydrogens is 380 g/mol. The first kappa shape index (κ1) is 18.8. The fourth-order valence-corrected chi connectivity index (χ4v) is 5.40. The van der Waals surface area contributed by atoms with E-state index in [-0.39, 0.29) is 5.91 Å². The molecule has 2 heterocycles. The van der Waals surface area contributed by atoms with Gasteiger partial charge in [-0.05, 0) is 36.8 Å². The lowest BCUT2D eigenvalue weighted by Crippen LogP contribution is -2.45. The number of amides is 1. The van der Waals surface area contributed by atoms with Crippen LogP contribution >= 0.6 is 23.4 Å². The molecule has 7 heteroatoms. The molecule has 144 valence electrons. The predicted octanol–water partition coefficient (Wildman–Crippen LogP) is 4.27. The standard InChI is InChI=1S/C20H25ClN4OS/c1-24-19(16-8-4-5-9-17(16)21)22-23-20(24)27-13-18(26)25-11-10-14-6-2-3-7-15(14)12-25/h4-5,8-9,14-15H,2-3,6-7,10-13H2,1H3/t14-,15+/m0/s1. The lowest BCUT2D eigenvalue weighted by molar-refractivity contribution is -0.131. The van der Waals surface area contributed by atoms with Gasteiger partial charge >= 0.3 is 0 Å². The number of hydrogen-bond acceptors (Lipinski definition) is 4. The first-order valence-electron chi connectivity index (χ1n) is 9.68. The van der Waals surface area contributed by atoms with Crippen molar-refractivity contribution in [3.63, 3.8) is 0 Å². The van der Waals surface area contributed by atoms with Crippen LogP contribution in [0.1, 0.15) is 32.1 Å². The Balaban J connectivity index is 1.38. The van der Waals surface area contributed by atoms with Crippen LogP contribution < -0.4 is 0 Å². The quantitative estimate of drug-likeness (QED) is 0.714. The van der Waals surface area contributed by atoms with Crippen molar-refractivity contribution in [1.29, 1.82) is 0 Å². The number of thioether (sulfide) groups is 1. The van der Waals surface area contributed by atoms with Gasteiger partial charge in [0.05, 0.1) is 10.8 Å². The molecule has 2 atom stereocenters. The number of aromatic nitrogens is 3. The first-order valence-corrected chi connectivity index (χ1v) is 11.0. The van der Waals surface area contributed by atoms with Crippen LogP contribution in [0.2, 0.25) is 5.02 Å². The molecule has 0 radical (unpaired) electrons. The van der Waals surface area contributed by atoms with E-state index in [1.807, 2.05) is 35.9 Å². The van der Waals surface area contributed by atoms with Crippen LogP contribution in [0.5, 0.6) is 0 Å². The fraction of sp³-hybridized carbons (Fsp3) is 0.550. The number of nitrogens with zero attached hydrogens (tertiary/aromatic N) is 4. The number of likely N-dealkylation sites (tertiary alicyclic amines) is 1. The van der Waals surface area contributed by atoms with Crippen LogP contribution in [-0.2, 0) is 11.8 Å². The molecule has 2 aromatic rings. The van der Waals surface area contributed by atoms with Crippen molar-refractivity contribution in [1.82, 2.24) is 19.7 Å². The molecule has 0 spiro atoms. The summed E-state index contributed by atoms with van der Waals surface area (Å²) in [4.78, 5) is 14.8. The van der Waals surface area contributed by atoms with Crippen LogP contribution in [0.15, 0.2) is 29.4 Å². The topological polar surface area (TPSA) is 51.0 Å². The number of carbonyl (C=O) groups excluding carboxylic acids is 1. The molecule has 1 aromatic heterocycles. The monoisotopic (exact) mass is 404 g/mol. The van der Waals surface area contributed by atoms with E-state index in [0.717, 1.165) is 35.6 Å². The van der Waals surface area contributed by atoms with Crippen LogP contribution in [0.4, 0.5) is 0 Å². The highest BCUT2D eigenvalue weighted by molar-refractivity contribution is 7.99.